The summed E-state index contributed by atoms with van der Waals surface area (Å²) in [5.74, 6) is 0.823. The van der Waals surface area contributed by atoms with Gasteiger partial charge in [-0.05, 0) is 90.6 Å². The molecule has 0 aliphatic carbocycles. The molecule has 0 aliphatic rings. The fourth-order valence-corrected chi connectivity index (χ4v) is 5.67. The second kappa shape index (κ2) is 16.7. The minimum atomic E-state index is 0.401. The topological polar surface area (TPSA) is 40.7 Å². The fourth-order valence-electron chi connectivity index (χ4n) is 5.15. The van der Waals surface area contributed by atoms with Gasteiger partial charge < -0.3 is 5.32 Å². The van der Waals surface area contributed by atoms with Crippen LogP contribution in [0, 0.1) is 0 Å². The smallest absolute Gasteiger partial charge is 0.0565 e. The highest BCUT2D eigenvalue weighted by molar-refractivity contribution is 9.10. The van der Waals surface area contributed by atoms with Crippen molar-refractivity contribution >= 4 is 39.1 Å². The summed E-state index contributed by atoms with van der Waals surface area (Å²) >= 11 is 15.5. The highest BCUT2D eigenvalue weighted by Gasteiger charge is 2.15. The first-order valence-electron chi connectivity index (χ1n) is 14.5. The van der Waals surface area contributed by atoms with Gasteiger partial charge in [0.15, 0.2) is 0 Å². The quantitative estimate of drug-likeness (QED) is 0.148. The average molecular weight is 664 g/mol. The van der Waals surface area contributed by atoms with Crippen LogP contribution in [0.5, 0.6) is 0 Å². The lowest BCUT2D eigenvalue weighted by atomic mass is 9.86. The molecule has 4 aromatic carbocycles. The fraction of sp³-hybridized carbons (Fsp3) is 0.250. The summed E-state index contributed by atoms with van der Waals surface area (Å²) in [4.78, 5) is 0. The number of rotatable bonds is 11. The minimum absolute atomic E-state index is 0.401. The summed E-state index contributed by atoms with van der Waals surface area (Å²) in [5.41, 5.74) is 7.63. The van der Waals surface area contributed by atoms with E-state index in [2.05, 4.69) is 111 Å². The van der Waals surface area contributed by atoms with Gasteiger partial charge in [0.2, 0.25) is 0 Å². The Kier molecular flexibility index (Phi) is 12.7. The Morgan fingerprint density at radius 2 is 1.17 bits per heavy atom. The number of aromatic amines is 1. The lowest BCUT2D eigenvalue weighted by Crippen LogP contribution is -2.13. The molecule has 5 rings (SSSR count). The zero-order valence-corrected chi connectivity index (χ0v) is 27.3. The molecule has 5 aromatic rings. The van der Waals surface area contributed by atoms with Crippen molar-refractivity contribution in [3.63, 3.8) is 0 Å². The van der Waals surface area contributed by atoms with Gasteiger partial charge in [-0.2, -0.15) is 5.10 Å². The molecule has 0 radical (unpaired) electrons. The van der Waals surface area contributed by atoms with Crippen LogP contribution in [0.3, 0.4) is 0 Å². The molecule has 0 fully saturated rings. The van der Waals surface area contributed by atoms with E-state index < -0.39 is 0 Å². The van der Waals surface area contributed by atoms with Crippen LogP contribution >= 0.6 is 39.1 Å². The Morgan fingerprint density at radius 1 is 0.690 bits per heavy atom. The normalized spacial score (nSPS) is 12.3. The van der Waals surface area contributed by atoms with E-state index in [1.54, 1.807) is 0 Å². The number of hydrogen-bond donors (Lipinski definition) is 2. The van der Waals surface area contributed by atoms with Gasteiger partial charge in [0.1, 0.15) is 0 Å². The minimum Gasteiger partial charge on any atom is -0.320 e. The Hall–Kier alpha value is -2.89. The molecule has 0 bridgehead atoms. The van der Waals surface area contributed by atoms with E-state index in [1.807, 2.05) is 43.7 Å². The highest BCUT2D eigenvalue weighted by Crippen LogP contribution is 2.32. The largest absolute Gasteiger partial charge is 0.320 e. The van der Waals surface area contributed by atoms with Crippen molar-refractivity contribution in [3.8, 4) is 11.1 Å². The second-order valence-corrected chi connectivity index (χ2v) is 12.2. The number of hydrogen-bond acceptors (Lipinski definition) is 2. The van der Waals surface area contributed by atoms with Crippen LogP contribution in [0.15, 0.2) is 114 Å². The van der Waals surface area contributed by atoms with Gasteiger partial charge >= 0.3 is 0 Å². The summed E-state index contributed by atoms with van der Waals surface area (Å²) in [6, 6.07) is 33.8. The molecule has 0 spiro atoms. The Bertz CT molecular complexity index is 1410. The van der Waals surface area contributed by atoms with Crippen LogP contribution in [0.1, 0.15) is 66.7 Å². The van der Waals surface area contributed by atoms with Crippen LogP contribution in [-0.2, 0) is 0 Å². The van der Waals surface area contributed by atoms with Gasteiger partial charge in [0.05, 0.1) is 6.20 Å². The molecular weight excluding hydrogens is 625 g/mol. The summed E-state index contributed by atoms with van der Waals surface area (Å²) < 4.78 is 1.11. The molecule has 2 unspecified atom stereocenters. The summed E-state index contributed by atoms with van der Waals surface area (Å²) in [6.45, 7) is 3.23. The number of nitrogens with one attached hydrogen (secondary N) is 2. The van der Waals surface area contributed by atoms with E-state index in [1.165, 1.54) is 40.7 Å². The van der Waals surface area contributed by atoms with Crippen molar-refractivity contribution in [3.05, 3.63) is 146 Å². The Labute approximate surface area is 268 Å². The van der Waals surface area contributed by atoms with Gasteiger partial charge in [-0.25, -0.2) is 0 Å². The van der Waals surface area contributed by atoms with Gasteiger partial charge in [0.25, 0.3) is 0 Å². The predicted molar refractivity (Wildman–Crippen MR) is 183 cm³/mol. The van der Waals surface area contributed by atoms with Crippen molar-refractivity contribution in [2.75, 3.05) is 13.6 Å². The van der Waals surface area contributed by atoms with E-state index in [-0.39, 0.29) is 0 Å². The number of benzene rings is 4. The first-order valence-corrected chi connectivity index (χ1v) is 16.0. The average Bonchev–Trinajstić information content (AvgIpc) is 3.56. The summed E-state index contributed by atoms with van der Waals surface area (Å²) in [7, 11) is 1.99. The number of H-pyrrole nitrogens is 1. The van der Waals surface area contributed by atoms with E-state index in [9.17, 15) is 0 Å². The Balaban J connectivity index is 0.000000197. The van der Waals surface area contributed by atoms with Gasteiger partial charge in [-0.1, -0.05) is 120 Å². The zero-order chi connectivity index (χ0) is 29.7. The van der Waals surface area contributed by atoms with Gasteiger partial charge in [0, 0.05) is 38.1 Å². The molecule has 1 heterocycles. The molecular formula is C36H38BrCl2N3. The van der Waals surface area contributed by atoms with E-state index in [4.69, 9.17) is 23.2 Å². The van der Waals surface area contributed by atoms with Crippen LogP contribution in [-0.4, -0.2) is 23.8 Å². The third kappa shape index (κ3) is 9.31. The highest BCUT2D eigenvalue weighted by atomic mass is 79.9. The van der Waals surface area contributed by atoms with Gasteiger partial charge in [-0.15, -0.1) is 0 Å². The summed E-state index contributed by atoms with van der Waals surface area (Å²) in [5, 5.41) is 11.7. The molecule has 0 saturated heterocycles. The summed E-state index contributed by atoms with van der Waals surface area (Å²) in [6.07, 6.45) is 8.42. The van der Waals surface area contributed by atoms with Crippen molar-refractivity contribution in [2.45, 2.75) is 44.4 Å². The molecule has 1 aromatic heterocycles. The molecule has 2 atom stereocenters. The molecule has 42 heavy (non-hydrogen) atoms. The maximum absolute atomic E-state index is 6.04. The second-order valence-electron chi connectivity index (χ2n) is 10.4. The van der Waals surface area contributed by atoms with Crippen molar-refractivity contribution in [1.82, 2.24) is 15.5 Å². The lowest BCUT2D eigenvalue weighted by Gasteiger charge is -2.18. The zero-order valence-electron chi connectivity index (χ0n) is 24.2. The molecule has 2 N–H and O–H groups in total. The van der Waals surface area contributed by atoms with E-state index in [0.29, 0.717) is 11.8 Å². The van der Waals surface area contributed by atoms with Crippen molar-refractivity contribution < 1.29 is 0 Å². The van der Waals surface area contributed by atoms with Crippen LogP contribution in [0.25, 0.3) is 11.1 Å². The molecule has 6 heteroatoms. The maximum atomic E-state index is 6.04. The first kappa shape index (κ1) is 32.0. The van der Waals surface area contributed by atoms with Crippen LogP contribution in [0.4, 0.5) is 0 Å². The van der Waals surface area contributed by atoms with E-state index >= 15 is 0 Å². The number of unbranched alkanes of at least 4 members (excludes halogenated alkanes) is 1. The number of nitrogens with zero attached hydrogens (tertiary/aromatic N) is 1. The van der Waals surface area contributed by atoms with Crippen LogP contribution in [0.2, 0.25) is 10.0 Å². The molecule has 0 amide bonds. The van der Waals surface area contributed by atoms with Crippen molar-refractivity contribution in [2.24, 2.45) is 0 Å². The lowest BCUT2D eigenvalue weighted by molar-refractivity contribution is 0.650. The van der Waals surface area contributed by atoms with E-state index in [0.717, 1.165) is 39.5 Å². The predicted octanol–water partition coefficient (Wildman–Crippen LogP) is 10.9. The number of aromatic nitrogens is 2. The molecule has 3 nitrogen and oxygen atoms in total. The third-order valence-electron chi connectivity index (χ3n) is 7.49. The monoisotopic (exact) mass is 661 g/mol. The molecule has 218 valence electrons. The van der Waals surface area contributed by atoms with Crippen molar-refractivity contribution in [1.29, 1.82) is 0 Å². The SMILES string of the molecule is CCCCC(c1ccc(Cl)cc1)c1ccc(-c2cn[nH]c2)cc1.CNCCC(c1ccc(Cl)cc1)c1ccc(Br)cc1. The van der Waals surface area contributed by atoms with Crippen LogP contribution < -0.4 is 5.32 Å². The molecule has 0 aliphatic heterocycles. The van der Waals surface area contributed by atoms with Gasteiger partial charge in [-0.3, -0.25) is 5.10 Å². The molecule has 0 saturated carbocycles. The first-order chi connectivity index (χ1) is 20.5. The third-order valence-corrected chi connectivity index (χ3v) is 8.52. The standard InChI is InChI=1S/C20H21ClN2.C16H17BrClN/c1-2-3-4-20(17-9-11-19(21)12-10-17)16-7-5-15(6-8-16)18-13-22-23-14-18;1-19-11-10-16(12-2-6-14(17)7-3-12)13-4-8-15(18)9-5-13/h5-14,20H,2-4H2,1H3,(H,22,23);2-9,16,19H,10-11H2,1H3. The number of halogens is 3. The maximum Gasteiger partial charge on any atom is 0.0565 e. The Morgan fingerprint density at radius 3 is 1.62 bits per heavy atom.